The van der Waals surface area contributed by atoms with Crippen LogP contribution in [-0.2, 0) is 14.3 Å². The first-order valence-corrected chi connectivity index (χ1v) is 9.72. The summed E-state index contributed by atoms with van der Waals surface area (Å²) in [6.45, 7) is 7.20. The van der Waals surface area contributed by atoms with Crippen molar-refractivity contribution >= 4 is 11.8 Å². The lowest BCUT2D eigenvalue weighted by Gasteiger charge is -2.34. The minimum absolute atomic E-state index is 0.0357. The Morgan fingerprint density at radius 1 is 1.33 bits per heavy atom. The third-order valence-electron chi connectivity index (χ3n) is 6.19. The van der Waals surface area contributed by atoms with Crippen molar-refractivity contribution in [1.29, 1.82) is 0 Å². The Morgan fingerprint density at radius 2 is 2.08 bits per heavy atom. The van der Waals surface area contributed by atoms with Gasteiger partial charge in [-0.15, -0.1) is 0 Å². The molecule has 0 aromatic heterocycles. The summed E-state index contributed by atoms with van der Waals surface area (Å²) in [5.74, 6) is 0.564. The van der Waals surface area contributed by atoms with E-state index in [0.717, 1.165) is 64.7 Å². The van der Waals surface area contributed by atoms with Gasteiger partial charge in [0.2, 0.25) is 11.8 Å². The summed E-state index contributed by atoms with van der Waals surface area (Å²) in [6.07, 6.45) is 6.99. The summed E-state index contributed by atoms with van der Waals surface area (Å²) >= 11 is 0. The van der Waals surface area contributed by atoms with Crippen molar-refractivity contribution < 1.29 is 14.3 Å². The zero-order valence-electron chi connectivity index (χ0n) is 15.2. The van der Waals surface area contributed by atoms with Crippen LogP contribution in [0.3, 0.4) is 0 Å². The molecule has 3 fully saturated rings. The molecule has 0 bridgehead atoms. The fourth-order valence-corrected chi connectivity index (χ4v) is 4.50. The second-order valence-corrected chi connectivity index (χ2v) is 8.05. The van der Waals surface area contributed by atoms with Gasteiger partial charge in [-0.05, 0) is 50.9 Å². The van der Waals surface area contributed by atoms with Crippen LogP contribution < -0.4 is 5.32 Å². The molecule has 3 atom stereocenters. The van der Waals surface area contributed by atoms with E-state index in [1.54, 1.807) is 0 Å². The average molecular weight is 336 g/mol. The van der Waals surface area contributed by atoms with Crippen molar-refractivity contribution in [1.82, 2.24) is 10.2 Å². The van der Waals surface area contributed by atoms with Crippen LogP contribution >= 0.6 is 0 Å². The van der Waals surface area contributed by atoms with Crippen molar-refractivity contribution in [3.63, 3.8) is 0 Å². The highest BCUT2D eigenvalue weighted by Crippen LogP contribution is 2.59. The van der Waals surface area contributed by atoms with E-state index in [1.807, 2.05) is 4.90 Å². The third-order valence-corrected chi connectivity index (χ3v) is 6.19. The first-order chi connectivity index (χ1) is 11.6. The standard InChI is InChI=1S/C19H32N2O3/c1-3-5-14(2)20-17(22)15-6-4-9-21(13-15)18(23)16-12-19(16)7-10-24-11-8-19/h14-16H,3-13H2,1-2H3,(H,20,22)/t14-,15+,16+/m0/s1. The Morgan fingerprint density at radius 3 is 2.79 bits per heavy atom. The Hall–Kier alpha value is -1.10. The molecule has 3 rings (SSSR count). The number of hydrogen-bond acceptors (Lipinski definition) is 3. The van der Waals surface area contributed by atoms with Crippen molar-refractivity contribution in [3.8, 4) is 0 Å². The molecule has 0 radical (unpaired) electrons. The number of piperidine rings is 1. The van der Waals surface area contributed by atoms with Crippen LogP contribution in [0.25, 0.3) is 0 Å². The largest absolute Gasteiger partial charge is 0.381 e. The Balaban J connectivity index is 1.52. The molecule has 0 aromatic rings. The quantitative estimate of drug-likeness (QED) is 0.838. The molecule has 0 unspecified atom stereocenters. The first-order valence-electron chi connectivity index (χ1n) is 9.72. The van der Waals surface area contributed by atoms with Crippen LogP contribution in [-0.4, -0.2) is 49.1 Å². The number of likely N-dealkylation sites (tertiary alicyclic amines) is 1. The normalized spacial score (nSPS) is 30.0. The van der Waals surface area contributed by atoms with Gasteiger partial charge in [0.25, 0.3) is 0 Å². The molecule has 2 aliphatic heterocycles. The SMILES string of the molecule is CCC[C@H](C)NC(=O)[C@@H]1CCCN(C(=O)[C@H]2CC23CCOCC3)C1. The average Bonchev–Trinajstić information content (AvgIpc) is 3.28. The Kier molecular flexibility index (Phi) is 5.48. The smallest absolute Gasteiger partial charge is 0.226 e. The molecule has 2 heterocycles. The molecule has 1 N–H and O–H groups in total. The second-order valence-electron chi connectivity index (χ2n) is 8.05. The number of nitrogens with one attached hydrogen (secondary N) is 1. The molecular weight excluding hydrogens is 304 g/mol. The zero-order chi connectivity index (χ0) is 17.2. The number of rotatable bonds is 5. The topological polar surface area (TPSA) is 58.6 Å². The molecule has 2 amide bonds. The van der Waals surface area contributed by atoms with Crippen molar-refractivity contribution in [2.24, 2.45) is 17.3 Å². The van der Waals surface area contributed by atoms with Gasteiger partial charge in [-0.2, -0.15) is 0 Å². The molecular formula is C19H32N2O3. The minimum atomic E-state index is -0.0357. The van der Waals surface area contributed by atoms with Gasteiger partial charge in [0, 0.05) is 38.3 Å². The number of amides is 2. The zero-order valence-corrected chi connectivity index (χ0v) is 15.2. The van der Waals surface area contributed by atoms with Crippen LogP contribution in [0.15, 0.2) is 0 Å². The van der Waals surface area contributed by atoms with E-state index in [2.05, 4.69) is 19.2 Å². The summed E-state index contributed by atoms with van der Waals surface area (Å²) in [6, 6.07) is 0.225. The van der Waals surface area contributed by atoms with E-state index in [-0.39, 0.29) is 35.1 Å². The van der Waals surface area contributed by atoms with Gasteiger partial charge in [-0.1, -0.05) is 13.3 Å². The van der Waals surface area contributed by atoms with Gasteiger partial charge in [-0.25, -0.2) is 0 Å². The molecule has 5 heteroatoms. The summed E-state index contributed by atoms with van der Waals surface area (Å²) in [5, 5.41) is 3.12. The summed E-state index contributed by atoms with van der Waals surface area (Å²) in [5.41, 5.74) is 0.222. The number of carbonyl (C=O) groups is 2. The van der Waals surface area contributed by atoms with E-state index < -0.39 is 0 Å². The van der Waals surface area contributed by atoms with E-state index in [1.165, 1.54) is 0 Å². The third kappa shape index (κ3) is 3.76. The summed E-state index contributed by atoms with van der Waals surface area (Å²) in [4.78, 5) is 27.3. The fraction of sp³-hybridized carbons (Fsp3) is 0.895. The maximum atomic E-state index is 12.9. The minimum Gasteiger partial charge on any atom is -0.381 e. The molecule has 5 nitrogen and oxygen atoms in total. The first kappa shape index (κ1) is 17.7. The van der Waals surface area contributed by atoms with Gasteiger partial charge < -0.3 is 15.0 Å². The molecule has 24 heavy (non-hydrogen) atoms. The predicted octanol–water partition coefficient (Wildman–Crippen LogP) is 2.35. The van der Waals surface area contributed by atoms with Gasteiger partial charge >= 0.3 is 0 Å². The predicted molar refractivity (Wildman–Crippen MR) is 92.4 cm³/mol. The molecule has 1 spiro atoms. The van der Waals surface area contributed by atoms with Crippen molar-refractivity contribution in [2.45, 2.75) is 64.8 Å². The second kappa shape index (κ2) is 7.42. The monoisotopic (exact) mass is 336 g/mol. The summed E-state index contributed by atoms with van der Waals surface area (Å²) in [7, 11) is 0. The van der Waals surface area contributed by atoms with Crippen LogP contribution in [0.4, 0.5) is 0 Å². The Labute approximate surface area is 145 Å². The fourth-order valence-electron chi connectivity index (χ4n) is 4.50. The molecule has 0 aromatic carbocycles. The Bertz CT molecular complexity index is 473. The highest BCUT2D eigenvalue weighted by molar-refractivity contribution is 5.84. The highest BCUT2D eigenvalue weighted by atomic mass is 16.5. The van der Waals surface area contributed by atoms with E-state index in [4.69, 9.17) is 4.74 Å². The van der Waals surface area contributed by atoms with Crippen LogP contribution in [0.2, 0.25) is 0 Å². The number of nitrogens with zero attached hydrogens (tertiary/aromatic N) is 1. The number of ether oxygens (including phenoxy) is 1. The maximum absolute atomic E-state index is 12.9. The van der Waals surface area contributed by atoms with Crippen LogP contribution in [0.1, 0.15) is 58.8 Å². The lowest BCUT2D eigenvalue weighted by atomic mass is 9.92. The van der Waals surface area contributed by atoms with Gasteiger partial charge in [0.15, 0.2) is 0 Å². The van der Waals surface area contributed by atoms with Gasteiger partial charge in [0.1, 0.15) is 0 Å². The van der Waals surface area contributed by atoms with Crippen LogP contribution in [0, 0.1) is 17.3 Å². The van der Waals surface area contributed by atoms with E-state index >= 15 is 0 Å². The molecule has 1 saturated carbocycles. The maximum Gasteiger partial charge on any atom is 0.226 e. The highest BCUT2D eigenvalue weighted by Gasteiger charge is 2.59. The van der Waals surface area contributed by atoms with Crippen molar-refractivity contribution in [3.05, 3.63) is 0 Å². The van der Waals surface area contributed by atoms with Crippen LogP contribution in [0.5, 0.6) is 0 Å². The number of carbonyl (C=O) groups excluding carboxylic acids is 2. The van der Waals surface area contributed by atoms with E-state index in [0.29, 0.717) is 6.54 Å². The van der Waals surface area contributed by atoms with E-state index in [9.17, 15) is 9.59 Å². The van der Waals surface area contributed by atoms with Crippen molar-refractivity contribution in [2.75, 3.05) is 26.3 Å². The number of hydrogen-bond donors (Lipinski definition) is 1. The molecule has 1 aliphatic carbocycles. The van der Waals surface area contributed by atoms with Gasteiger partial charge in [-0.3, -0.25) is 9.59 Å². The van der Waals surface area contributed by atoms with Gasteiger partial charge in [0.05, 0.1) is 5.92 Å². The molecule has 3 aliphatic rings. The lowest BCUT2D eigenvalue weighted by Crippen LogP contribution is -2.48. The lowest BCUT2D eigenvalue weighted by molar-refractivity contribution is -0.138. The molecule has 136 valence electrons. The molecule has 2 saturated heterocycles. The summed E-state index contributed by atoms with van der Waals surface area (Å²) < 4.78 is 5.45.